The first kappa shape index (κ1) is 7.03. The Balaban J connectivity index is 2.91. The highest BCUT2D eigenvalue weighted by molar-refractivity contribution is 5.74. The average molecular weight is 160 g/mol. The molecule has 0 N–H and O–H groups in total. The summed E-state index contributed by atoms with van der Waals surface area (Å²) in [4.78, 5) is 14.7. The number of aryl methyl sites for hydroxylation is 1. The van der Waals surface area contributed by atoms with E-state index in [1.165, 1.54) is 0 Å². The maximum absolute atomic E-state index is 10.6. The second-order valence-corrected chi connectivity index (χ2v) is 2.66. The lowest BCUT2D eigenvalue weighted by Gasteiger charge is -1.98. The van der Waals surface area contributed by atoms with Gasteiger partial charge in [-0.3, -0.25) is 9.20 Å². The van der Waals surface area contributed by atoms with E-state index in [0.717, 1.165) is 17.6 Å². The zero-order valence-corrected chi connectivity index (χ0v) is 6.69. The number of imidazole rings is 1. The van der Waals surface area contributed by atoms with Crippen molar-refractivity contribution in [3.8, 4) is 0 Å². The molecule has 0 radical (unpaired) electrons. The first-order chi connectivity index (χ1) is 5.83. The average Bonchev–Trinajstić information content (AvgIpc) is 2.49. The van der Waals surface area contributed by atoms with E-state index >= 15 is 0 Å². The number of hydrogen-bond acceptors (Lipinski definition) is 2. The molecule has 0 aromatic carbocycles. The Kier molecular flexibility index (Phi) is 1.43. The monoisotopic (exact) mass is 160 g/mol. The summed E-state index contributed by atoms with van der Waals surface area (Å²) in [5.41, 5.74) is 2.44. The van der Waals surface area contributed by atoms with Gasteiger partial charge in [-0.05, 0) is 19.1 Å². The van der Waals surface area contributed by atoms with Crippen LogP contribution < -0.4 is 0 Å². The molecule has 0 unspecified atom stereocenters. The lowest BCUT2D eigenvalue weighted by atomic mass is 10.3. The number of aromatic nitrogens is 2. The van der Waals surface area contributed by atoms with E-state index in [9.17, 15) is 4.79 Å². The first-order valence-electron chi connectivity index (χ1n) is 3.71. The van der Waals surface area contributed by atoms with E-state index in [1.807, 2.05) is 29.5 Å². The highest BCUT2D eigenvalue weighted by Crippen LogP contribution is 2.07. The van der Waals surface area contributed by atoms with Gasteiger partial charge in [-0.25, -0.2) is 4.98 Å². The van der Waals surface area contributed by atoms with Crippen molar-refractivity contribution in [2.45, 2.75) is 6.92 Å². The summed E-state index contributed by atoms with van der Waals surface area (Å²) >= 11 is 0. The van der Waals surface area contributed by atoms with Crippen LogP contribution in [0.2, 0.25) is 0 Å². The van der Waals surface area contributed by atoms with Crippen molar-refractivity contribution in [1.82, 2.24) is 9.38 Å². The molecule has 0 bridgehead atoms. The fraction of sp³-hybridized carbons (Fsp3) is 0.111. The molecule has 3 nitrogen and oxygen atoms in total. The van der Waals surface area contributed by atoms with Crippen molar-refractivity contribution < 1.29 is 4.79 Å². The Morgan fingerprint density at radius 3 is 3.08 bits per heavy atom. The minimum atomic E-state index is 0.600. The molecule has 0 spiro atoms. The fourth-order valence-electron chi connectivity index (χ4n) is 1.31. The summed E-state index contributed by atoms with van der Waals surface area (Å²) in [6.45, 7) is 1.95. The summed E-state index contributed by atoms with van der Waals surface area (Å²) in [5, 5.41) is 0. The number of fused-ring (bicyclic) bond motifs is 1. The summed E-state index contributed by atoms with van der Waals surface area (Å²) < 4.78 is 1.83. The third-order valence-electron chi connectivity index (χ3n) is 1.87. The van der Waals surface area contributed by atoms with Gasteiger partial charge in [0.2, 0.25) is 0 Å². The van der Waals surface area contributed by atoms with Gasteiger partial charge >= 0.3 is 0 Å². The van der Waals surface area contributed by atoms with Crippen molar-refractivity contribution in [2.24, 2.45) is 0 Å². The molecule has 2 aromatic heterocycles. The largest absolute Gasteiger partial charge is 0.296 e. The molecule has 0 fully saturated rings. The fourth-order valence-corrected chi connectivity index (χ4v) is 1.31. The Morgan fingerprint density at radius 1 is 1.50 bits per heavy atom. The second kappa shape index (κ2) is 2.44. The summed E-state index contributed by atoms with van der Waals surface area (Å²) in [5.74, 6) is 0. The Hall–Kier alpha value is -1.64. The molecular formula is C9H8N2O. The van der Waals surface area contributed by atoms with Crippen LogP contribution >= 0.6 is 0 Å². The van der Waals surface area contributed by atoms with E-state index in [2.05, 4.69) is 4.98 Å². The normalized spacial score (nSPS) is 10.4. The molecule has 2 rings (SSSR count). The van der Waals surface area contributed by atoms with Crippen LogP contribution in [0.15, 0.2) is 24.4 Å². The minimum Gasteiger partial charge on any atom is -0.296 e. The third-order valence-corrected chi connectivity index (χ3v) is 1.87. The van der Waals surface area contributed by atoms with Crippen LogP contribution in [0.3, 0.4) is 0 Å². The van der Waals surface area contributed by atoms with Crippen LogP contribution in [0.1, 0.15) is 16.2 Å². The Labute approximate surface area is 69.7 Å². The highest BCUT2D eigenvalue weighted by atomic mass is 16.1. The van der Waals surface area contributed by atoms with E-state index in [4.69, 9.17) is 0 Å². The predicted molar refractivity (Wildman–Crippen MR) is 45.3 cm³/mol. The lowest BCUT2D eigenvalue weighted by molar-refractivity contribution is 0.111. The molecule has 0 aliphatic carbocycles. The van der Waals surface area contributed by atoms with Crippen molar-refractivity contribution in [3.05, 3.63) is 35.8 Å². The number of carbonyl (C=O) groups is 1. The van der Waals surface area contributed by atoms with E-state index in [-0.39, 0.29) is 0 Å². The molecule has 0 atom stereocenters. The van der Waals surface area contributed by atoms with Gasteiger partial charge in [0.1, 0.15) is 11.3 Å². The SMILES string of the molecule is Cc1cccc2ncc(C=O)n12. The number of nitrogens with zero attached hydrogens (tertiary/aromatic N) is 2. The molecule has 60 valence electrons. The van der Waals surface area contributed by atoms with Gasteiger partial charge in [-0.2, -0.15) is 0 Å². The lowest BCUT2D eigenvalue weighted by Crippen LogP contribution is -1.94. The standard InChI is InChI=1S/C9H8N2O/c1-7-3-2-4-9-10-5-8(6-12)11(7)9/h2-6H,1H3. The maximum atomic E-state index is 10.6. The molecule has 0 aliphatic heterocycles. The smallest absolute Gasteiger partial charge is 0.168 e. The molecule has 0 saturated heterocycles. The molecule has 12 heavy (non-hydrogen) atoms. The van der Waals surface area contributed by atoms with Crippen molar-refractivity contribution in [2.75, 3.05) is 0 Å². The van der Waals surface area contributed by atoms with Gasteiger partial charge in [0.15, 0.2) is 6.29 Å². The second-order valence-electron chi connectivity index (χ2n) is 2.66. The van der Waals surface area contributed by atoms with Crippen LogP contribution in [0.5, 0.6) is 0 Å². The molecule has 0 saturated carbocycles. The third kappa shape index (κ3) is 0.830. The van der Waals surface area contributed by atoms with E-state index < -0.39 is 0 Å². The van der Waals surface area contributed by atoms with Gasteiger partial charge in [-0.15, -0.1) is 0 Å². The zero-order valence-electron chi connectivity index (χ0n) is 6.69. The quantitative estimate of drug-likeness (QED) is 0.592. The van der Waals surface area contributed by atoms with Crippen LogP contribution in [0.25, 0.3) is 5.65 Å². The molecule has 2 heterocycles. The Bertz CT molecular complexity index is 431. The van der Waals surface area contributed by atoms with Gasteiger partial charge in [0.25, 0.3) is 0 Å². The Morgan fingerprint density at radius 2 is 2.33 bits per heavy atom. The van der Waals surface area contributed by atoms with Crippen LogP contribution in [0, 0.1) is 6.92 Å². The van der Waals surface area contributed by atoms with Gasteiger partial charge in [-0.1, -0.05) is 6.07 Å². The van der Waals surface area contributed by atoms with Gasteiger partial charge in [0, 0.05) is 5.69 Å². The molecule has 0 aliphatic rings. The van der Waals surface area contributed by atoms with Crippen molar-refractivity contribution in [1.29, 1.82) is 0 Å². The van der Waals surface area contributed by atoms with Crippen LogP contribution in [-0.2, 0) is 0 Å². The van der Waals surface area contributed by atoms with Crippen molar-refractivity contribution >= 4 is 11.9 Å². The summed E-state index contributed by atoms with van der Waals surface area (Å²) in [6.07, 6.45) is 2.39. The number of rotatable bonds is 1. The summed E-state index contributed by atoms with van der Waals surface area (Å²) in [6, 6.07) is 5.74. The first-order valence-corrected chi connectivity index (χ1v) is 3.71. The molecule has 3 heteroatoms. The van der Waals surface area contributed by atoms with E-state index in [1.54, 1.807) is 6.20 Å². The van der Waals surface area contributed by atoms with Gasteiger partial charge < -0.3 is 0 Å². The molecule has 2 aromatic rings. The highest BCUT2D eigenvalue weighted by Gasteiger charge is 2.01. The van der Waals surface area contributed by atoms with Crippen LogP contribution in [-0.4, -0.2) is 15.7 Å². The zero-order chi connectivity index (χ0) is 8.55. The van der Waals surface area contributed by atoms with Crippen LogP contribution in [0.4, 0.5) is 0 Å². The number of carbonyl (C=O) groups excluding carboxylic acids is 1. The van der Waals surface area contributed by atoms with Crippen molar-refractivity contribution in [3.63, 3.8) is 0 Å². The number of pyridine rings is 1. The molecule has 0 amide bonds. The minimum absolute atomic E-state index is 0.600. The predicted octanol–water partition coefficient (Wildman–Crippen LogP) is 1.46. The van der Waals surface area contributed by atoms with E-state index in [0.29, 0.717) is 5.69 Å². The number of hydrogen-bond donors (Lipinski definition) is 0. The number of aldehydes is 1. The topological polar surface area (TPSA) is 34.4 Å². The maximum Gasteiger partial charge on any atom is 0.168 e. The van der Waals surface area contributed by atoms with Gasteiger partial charge in [0.05, 0.1) is 6.20 Å². The molecular weight excluding hydrogens is 152 g/mol. The summed E-state index contributed by atoms with van der Waals surface area (Å²) in [7, 11) is 0.